The molecular weight excluding hydrogens is 280 g/mol. The van der Waals surface area contributed by atoms with E-state index in [1.807, 2.05) is 7.05 Å². The molecule has 0 bridgehead atoms. The van der Waals surface area contributed by atoms with Crippen molar-refractivity contribution in [3.63, 3.8) is 0 Å². The number of amides is 1. The van der Waals surface area contributed by atoms with E-state index in [0.29, 0.717) is 12.6 Å². The lowest BCUT2D eigenvalue weighted by Crippen LogP contribution is -2.46. The molecule has 1 aromatic rings. The normalized spacial score (nSPS) is 18.4. The summed E-state index contributed by atoms with van der Waals surface area (Å²) in [6.45, 7) is 4.85. The van der Waals surface area contributed by atoms with E-state index in [-0.39, 0.29) is 10.7 Å². The molecule has 1 saturated carbocycles. The second-order valence-electron chi connectivity index (χ2n) is 6.02. The fourth-order valence-electron chi connectivity index (χ4n) is 2.66. The van der Waals surface area contributed by atoms with E-state index in [9.17, 15) is 4.79 Å². The Morgan fingerprint density at radius 2 is 1.90 bits per heavy atom. The molecule has 1 aliphatic carbocycles. The first-order chi connectivity index (χ1) is 10.1. The zero-order valence-corrected chi connectivity index (χ0v) is 14.1. The topological polar surface area (TPSA) is 41.1 Å². The molecule has 0 aromatic heterocycles. The van der Waals surface area contributed by atoms with Gasteiger partial charge < -0.3 is 10.6 Å². The molecule has 3 nitrogen and oxygen atoms in total. The summed E-state index contributed by atoms with van der Waals surface area (Å²) in [4.78, 5) is 13.9. The Balaban J connectivity index is 2.05. The van der Waals surface area contributed by atoms with Crippen molar-refractivity contribution < 1.29 is 4.79 Å². The molecule has 4 heteroatoms. The molecule has 0 saturated heterocycles. The molecular formula is C17H26N2OS. The molecule has 21 heavy (non-hydrogen) atoms. The maximum Gasteiger partial charge on any atom is 0.236 e. The average molecular weight is 306 g/mol. The fourth-order valence-corrected chi connectivity index (χ4v) is 4.04. The van der Waals surface area contributed by atoms with Gasteiger partial charge in [0.2, 0.25) is 5.91 Å². The minimum absolute atomic E-state index is 0.202. The Bertz CT molecular complexity index is 466. The second kappa shape index (κ2) is 7.32. The first kappa shape index (κ1) is 16.4. The predicted molar refractivity (Wildman–Crippen MR) is 89.8 cm³/mol. The lowest BCUT2D eigenvalue weighted by molar-refractivity contribution is -0.123. The van der Waals surface area contributed by atoms with Gasteiger partial charge in [-0.3, -0.25) is 4.79 Å². The van der Waals surface area contributed by atoms with Crippen molar-refractivity contribution in [2.45, 2.75) is 55.2 Å². The van der Waals surface area contributed by atoms with E-state index in [4.69, 9.17) is 0 Å². The van der Waals surface area contributed by atoms with Gasteiger partial charge in [-0.15, -0.1) is 11.8 Å². The van der Waals surface area contributed by atoms with Gasteiger partial charge in [0.15, 0.2) is 0 Å². The molecule has 0 radical (unpaired) electrons. The minimum Gasteiger partial charge on any atom is -0.353 e. The number of benzene rings is 1. The van der Waals surface area contributed by atoms with Gasteiger partial charge in [-0.1, -0.05) is 30.5 Å². The van der Waals surface area contributed by atoms with Crippen LogP contribution in [0.1, 0.15) is 38.2 Å². The van der Waals surface area contributed by atoms with Gasteiger partial charge in [-0.05, 0) is 45.9 Å². The number of likely N-dealkylation sites (N-methyl/N-ethyl adjacent to an activating group) is 1. The van der Waals surface area contributed by atoms with E-state index in [1.165, 1.54) is 10.5 Å². The number of rotatable bonds is 6. The van der Waals surface area contributed by atoms with Crippen LogP contribution in [0, 0.1) is 6.92 Å². The Morgan fingerprint density at radius 1 is 1.29 bits per heavy atom. The monoisotopic (exact) mass is 306 g/mol. The van der Waals surface area contributed by atoms with Crippen LogP contribution in [0.3, 0.4) is 0 Å². The Kier molecular flexibility index (Phi) is 5.71. The summed E-state index contributed by atoms with van der Waals surface area (Å²) in [5, 5.41) is 6.28. The van der Waals surface area contributed by atoms with Crippen molar-refractivity contribution in [3.8, 4) is 0 Å². The Labute approximate surface area is 132 Å². The van der Waals surface area contributed by atoms with Crippen molar-refractivity contribution in [1.82, 2.24) is 10.6 Å². The summed E-state index contributed by atoms with van der Waals surface area (Å²) in [7, 11) is 1.92. The third-order valence-electron chi connectivity index (χ3n) is 4.22. The van der Waals surface area contributed by atoms with E-state index in [2.05, 4.69) is 48.7 Å². The van der Waals surface area contributed by atoms with Gasteiger partial charge in [-0.2, -0.15) is 0 Å². The molecule has 0 aliphatic heterocycles. The van der Waals surface area contributed by atoms with Gasteiger partial charge in [0.05, 0.1) is 4.75 Å². The quantitative estimate of drug-likeness (QED) is 0.848. The number of aryl methyl sites for hydroxylation is 1. The molecule has 116 valence electrons. The van der Waals surface area contributed by atoms with Crippen LogP contribution in [0.25, 0.3) is 0 Å². The van der Waals surface area contributed by atoms with Crippen LogP contribution >= 0.6 is 11.8 Å². The summed E-state index contributed by atoms with van der Waals surface area (Å²) in [5.74, 6) is 0.202. The number of carbonyl (C=O) groups is 1. The highest BCUT2D eigenvalue weighted by molar-refractivity contribution is 8.01. The first-order valence-electron chi connectivity index (χ1n) is 7.77. The number of hydrogen-bond acceptors (Lipinski definition) is 3. The van der Waals surface area contributed by atoms with Crippen LogP contribution < -0.4 is 10.6 Å². The Hall–Kier alpha value is -1.00. The number of thioether (sulfide) groups is 1. The van der Waals surface area contributed by atoms with E-state index >= 15 is 0 Å². The lowest BCUT2D eigenvalue weighted by atomic mass is 10.1. The predicted octanol–water partition coefficient (Wildman–Crippen LogP) is 3.12. The molecule has 2 rings (SSSR count). The number of hydrogen-bond donors (Lipinski definition) is 2. The van der Waals surface area contributed by atoms with Crippen LogP contribution in [0.4, 0.5) is 0 Å². The van der Waals surface area contributed by atoms with Crippen LogP contribution in [0.15, 0.2) is 29.2 Å². The van der Waals surface area contributed by atoms with E-state index in [0.717, 1.165) is 25.7 Å². The van der Waals surface area contributed by atoms with Crippen LogP contribution in [0.2, 0.25) is 0 Å². The maximum atomic E-state index is 12.7. The van der Waals surface area contributed by atoms with Gasteiger partial charge in [-0.25, -0.2) is 0 Å². The van der Waals surface area contributed by atoms with Crippen molar-refractivity contribution in [3.05, 3.63) is 29.8 Å². The number of nitrogens with one attached hydrogen (secondary N) is 2. The fraction of sp³-hybridized carbons (Fsp3) is 0.588. The number of carbonyl (C=O) groups excluding carboxylic acids is 1. The van der Waals surface area contributed by atoms with E-state index < -0.39 is 0 Å². The molecule has 1 atom stereocenters. The molecule has 1 aliphatic rings. The summed E-state index contributed by atoms with van der Waals surface area (Å²) in [6, 6.07) is 8.79. The van der Waals surface area contributed by atoms with Crippen molar-refractivity contribution in [2.24, 2.45) is 0 Å². The van der Waals surface area contributed by atoms with Crippen molar-refractivity contribution >= 4 is 17.7 Å². The highest BCUT2D eigenvalue weighted by atomic mass is 32.2. The zero-order chi connectivity index (χ0) is 15.3. The summed E-state index contributed by atoms with van der Waals surface area (Å²) < 4.78 is -0.275. The minimum atomic E-state index is -0.275. The molecule has 1 unspecified atom stereocenters. The van der Waals surface area contributed by atoms with Gasteiger partial charge in [0.25, 0.3) is 0 Å². The third-order valence-corrected chi connectivity index (χ3v) is 5.71. The maximum absolute atomic E-state index is 12.7. The van der Waals surface area contributed by atoms with Crippen molar-refractivity contribution in [2.75, 3.05) is 13.6 Å². The van der Waals surface area contributed by atoms with Gasteiger partial charge >= 0.3 is 0 Å². The highest BCUT2D eigenvalue weighted by Crippen LogP contribution is 2.45. The standard InChI is InChI=1S/C17H26N2OS/c1-13-6-8-15(9-7-13)21-17(10-4-5-11-17)16(20)19-12-14(2)18-3/h6-9,14,18H,4-5,10-12H2,1-3H3,(H,19,20). The summed E-state index contributed by atoms with van der Waals surface area (Å²) in [5.41, 5.74) is 1.26. The molecule has 1 aromatic carbocycles. The van der Waals surface area contributed by atoms with Gasteiger partial charge in [0.1, 0.15) is 0 Å². The summed E-state index contributed by atoms with van der Waals surface area (Å²) >= 11 is 1.74. The molecule has 0 heterocycles. The first-order valence-corrected chi connectivity index (χ1v) is 8.59. The second-order valence-corrected chi connectivity index (χ2v) is 7.47. The molecule has 1 amide bonds. The Morgan fingerprint density at radius 3 is 2.48 bits per heavy atom. The van der Waals surface area contributed by atoms with Crippen LogP contribution in [0.5, 0.6) is 0 Å². The van der Waals surface area contributed by atoms with Crippen LogP contribution in [-0.4, -0.2) is 30.3 Å². The zero-order valence-electron chi connectivity index (χ0n) is 13.2. The highest BCUT2D eigenvalue weighted by Gasteiger charge is 2.42. The molecule has 2 N–H and O–H groups in total. The third kappa shape index (κ3) is 4.24. The van der Waals surface area contributed by atoms with Crippen molar-refractivity contribution in [1.29, 1.82) is 0 Å². The smallest absolute Gasteiger partial charge is 0.236 e. The van der Waals surface area contributed by atoms with Gasteiger partial charge in [0, 0.05) is 17.5 Å². The summed E-state index contributed by atoms with van der Waals surface area (Å²) in [6.07, 6.45) is 4.25. The largest absolute Gasteiger partial charge is 0.353 e. The van der Waals surface area contributed by atoms with Crippen LogP contribution in [-0.2, 0) is 4.79 Å². The molecule has 0 spiro atoms. The van der Waals surface area contributed by atoms with E-state index in [1.54, 1.807) is 11.8 Å². The average Bonchev–Trinajstić information content (AvgIpc) is 2.96. The molecule has 1 fully saturated rings. The lowest BCUT2D eigenvalue weighted by Gasteiger charge is -2.28. The SMILES string of the molecule is CNC(C)CNC(=O)C1(Sc2ccc(C)cc2)CCCC1.